The first-order chi connectivity index (χ1) is 8.50. The maximum absolute atomic E-state index is 2.26. The van der Waals surface area contributed by atoms with Crippen LogP contribution >= 0.6 is 0 Å². The van der Waals surface area contributed by atoms with Gasteiger partial charge in [-0.3, -0.25) is 0 Å². The van der Waals surface area contributed by atoms with Crippen molar-refractivity contribution in [3.8, 4) is 0 Å². The molecule has 2 aromatic carbocycles. The molecule has 0 heteroatoms. The lowest BCUT2D eigenvalue weighted by Crippen LogP contribution is -2.11. The van der Waals surface area contributed by atoms with Gasteiger partial charge in [0.25, 0.3) is 0 Å². The molecule has 0 amide bonds. The largest absolute Gasteiger partial charge is 0.0919 e. The van der Waals surface area contributed by atoms with Gasteiger partial charge in [-0.2, -0.15) is 0 Å². The normalized spacial score (nSPS) is 11.4. The highest BCUT2D eigenvalue weighted by Gasteiger charge is 2.15. The maximum Gasteiger partial charge on any atom is -0.0126 e. The molecule has 2 aromatic rings. The van der Waals surface area contributed by atoms with Crippen molar-refractivity contribution in [1.29, 1.82) is 0 Å². The first kappa shape index (κ1) is 14.5. The number of benzene rings is 2. The summed E-state index contributed by atoms with van der Waals surface area (Å²) >= 11 is 0. The summed E-state index contributed by atoms with van der Waals surface area (Å²) in [4.78, 5) is 0. The first-order valence-corrected chi connectivity index (χ1v) is 6.56. The SMILES string of the molecule is CC(C)(C)c1cccc2ccccc12.CC=CC. The second-order valence-electron chi connectivity index (χ2n) is 5.44. The van der Waals surface area contributed by atoms with Crippen LogP contribution in [0, 0.1) is 0 Å². The third kappa shape index (κ3) is 3.73. The second-order valence-corrected chi connectivity index (χ2v) is 5.44. The lowest BCUT2D eigenvalue weighted by molar-refractivity contribution is 0.596. The molecule has 0 radical (unpaired) electrons. The zero-order chi connectivity index (χ0) is 13.6. The average molecular weight is 240 g/mol. The lowest BCUT2D eigenvalue weighted by atomic mass is 9.84. The number of fused-ring (bicyclic) bond motifs is 1. The fraction of sp³-hybridized carbons (Fsp3) is 0.333. The van der Waals surface area contributed by atoms with Gasteiger partial charge < -0.3 is 0 Å². The van der Waals surface area contributed by atoms with Crippen LogP contribution in [0.1, 0.15) is 40.2 Å². The highest BCUT2D eigenvalue weighted by molar-refractivity contribution is 5.86. The molecule has 0 heterocycles. The molecule has 0 spiro atoms. The monoisotopic (exact) mass is 240 g/mol. The molecule has 0 bridgehead atoms. The van der Waals surface area contributed by atoms with Crippen LogP contribution in [-0.4, -0.2) is 0 Å². The minimum Gasteiger partial charge on any atom is -0.0919 e. The van der Waals surface area contributed by atoms with Gasteiger partial charge in [0.15, 0.2) is 0 Å². The fourth-order valence-corrected chi connectivity index (χ4v) is 1.88. The van der Waals surface area contributed by atoms with E-state index in [-0.39, 0.29) is 5.41 Å². The van der Waals surface area contributed by atoms with Crippen LogP contribution in [0.15, 0.2) is 54.6 Å². The van der Waals surface area contributed by atoms with Crippen molar-refractivity contribution in [3.63, 3.8) is 0 Å². The third-order valence-corrected chi connectivity index (χ3v) is 2.93. The van der Waals surface area contributed by atoms with E-state index in [2.05, 4.69) is 63.2 Å². The van der Waals surface area contributed by atoms with E-state index in [1.165, 1.54) is 16.3 Å². The Kier molecular flexibility index (Phi) is 5.15. The molecule has 0 nitrogen and oxygen atoms in total. The lowest BCUT2D eigenvalue weighted by Gasteiger charge is -2.21. The summed E-state index contributed by atoms with van der Waals surface area (Å²) in [6, 6.07) is 15.1. The summed E-state index contributed by atoms with van der Waals surface area (Å²) in [5, 5.41) is 2.71. The van der Waals surface area contributed by atoms with Gasteiger partial charge >= 0.3 is 0 Å². The molecule has 2 rings (SSSR count). The minimum absolute atomic E-state index is 0.223. The highest BCUT2D eigenvalue weighted by Crippen LogP contribution is 2.29. The van der Waals surface area contributed by atoms with Crippen molar-refractivity contribution >= 4 is 10.8 Å². The molecule has 96 valence electrons. The quantitative estimate of drug-likeness (QED) is 0.517. The second kappa shape index (κ2) is 6.39. The van der Waals surface area contributed by atoms with E-state index in [1.807, 2.05) is 26.0 Å². The zero-order valence-corrected chi connectivity index (χ0v) is 12.2. The van der Waals surface area contributed by atoms with Crippen molar-refractivity contribution in [3.05, 3.63) is 60.2 Å². The summed E-state index contributed by atoms with van der Waals surface area (Å²) in [6.07, 6.45) is 4.00. The van der Waals surface area contributed by atoms with Gasteiger partial charge in [-0.15, -0.1) is 0 Å². The van der Waals surface area contributed by atoms with Gasteiger partial charge in [-0.25, -0.2) is 0 Å². The fourth-order valence-electron chi connectivity index (χ4n) is 1.88. The predicted molar refractivity (Wildman–Crippen MR) is 83.1 cm³/mol. The topological polar surface area (TPSA) is 0 Å². The predicted octanol–water partition coefficient (Wildman–Crippen LogP) is 5.72. The molecule has 0 aliphatic carbocycles. The van der Waals surface area contributed by atoms with E-state index < -0.39 is 0 Å². The van der Waals surface area contributed by atoms with Crippen molar-refractivity contribution < 1.29 is 0 Å². The van der Waals surface area contributed by atoms with E-state index in [9.17, 15) is 0 Å². The van der Waals surface area contributed by atoms with Crippen LogP contribution in [0.3, 0.4) is 0 Å². The number of hydrogen-bond acceptors (Lipinski definition) is 0. The summed E-state index contributed by atoms with van der Waals surface area (Å²) in [6.45, 7) is 10.8. The molecule has 0 aliphatic rings. The van der Waals surface area contributed by atoms with Crippen LogP contribution in [-0.2, 0) is 5.41 Å². The Morgan fingerprint density at radius 1 is 0.778 bits per heavy atom. The number of rotatable bonds is 0. The van der Waals surface area contributed by atoms with Gasteiger partial charge in [0.2, 0.25) is 0 Å². The Labute approximate surface area is 111 Å². The Bertz CT molecular complexity index is 504. The van der Waals surface area contributed by atoms with Crippen LogP contribution in [0.2, 0.25) is 0 Å². The van der Waals surface area contributed by atoms with Crippen molar-refractivity contribution in [2.75, 3.05) is 0 Å². The smallest absolute Gasteiger partial charge is 0.0126 e. The number of allylic oxidation sites excluding steroid dienone is 2. The molecule has 0 N–H and O–H groups in total. The van der Waals surface area contributed by atoms with E-state index in [0.717, 1.165) is 0 Å². The van der Waals surface area contributed by atoms with E-state index >= 15 is 0 Å². The number of hydrogen-bond donors (Lipinski definition) is 0. The Morgan fingerprint density at radius 2 is 1.33 bits per heavy atom. The van der Waals surface area contributed by atoms with Crippen LogP contribution in [0.5, 0.6) is 0 Å². The van der Waals surface area contributed by atoms with Crippen LogP contribution in [0.4, 0.5) is 0 Å². The summed E-state index contributed by atoms with van der Waals surface area (Å²) in [5.41, 5.74) is 1.65. The Morgan fingerprint density at radius 3 is 1.89 bits per heavy atom. The van der Waals surface area contributed by atoms with Crippen molar-refractivity contribution in [2.24, 2.45) is 0 Å². The van der Waals surface area contributed by atoms with Crippen molar-refractivity contribution in [2.45, 2.75) is 40.0 Å². The first-order valence-electron chi connectivity index (χ1n) is 6.56. The van der Waals surface area contributed by atoms with Crippen LogP contribution < -0.4 is 0 Å². The van der Waals surface area contributed by atoms with Crippen molar-refractivity contribution in [1.82, 2.24) is 0 Å². The van der Waals surface area contributed by atoms with E-state index in [0.29, 0.717) is 0 Å². The average Bonchev–Trinajstić information content (AvgIpc) is 2.37. The summed E-state index contributed by atoms with van der Waals surface area (Å²) < 4.78 is 0. The molecule has 0 fully saturated rings. The molecule has 0 saturated carbocycles. The molecule has 0 unspecified atom stereocenters. The van der Waals surface area contributed by atoms with Gasteiger partial charge in [-0.1, -0.05) is 75.4 Å². The molecule has 18 heavy (non-hydrogen) atoms. The van der Waals surface area contributed by atoms with E-state index in [4.69, 9.17) is 0 Å². The molecular weight excluding hydrogens is 216 g/mol. The van der Waals surface area contributed by atoms with Gasteiger partial charge in [-0.05, 0) is 35.6 Å². The maximum atomic E-state index is 2.26. The zero-order valence-electron chi connectivity index (χ0n) is 12.2. The Hall–Kier alpha value is -1.56. The summed E-state index contributed by atoms with van der Waals surface area (Å²) in [7, 11) is 0. The molecule has 0 aromatic heterocycles. The minimum atomic E-state index is 0.223. The standard InChI is InChI=1S/C14H16.C4H8/c1-14(2,3)13-10-6-8-11-7-4-5-9-12(11)13;1-3-4-2/h4-10H,1-3H3;3-4H,1-2H3. The van der Waals surface area contributed by atoms with Gasteiger partial charge in [0.05, 0.1) is 0 Å². The Balaban J connectivity index is 0.000000357. The van der Waals surface area contributed by atoms with Gasteiger partial charge in [0, 0.05) is 0 Å². The molecule has 0 atom stereocenters. The van der Waals surface area contributed by atoms with Gasteiger partial charge in [0.1, 0.15) is 0 Å². The summed E-state index contributed by atoms with van der Waals surface area (Å²) in [5.74, 6) is 0. The molecular formula is C18H24. The third-order valence-electron chi connectivity index (χ3n) is 2.93. The van der Waals surface area contributed by atoms with Crippen LogP contribution in [0.25, 0.3) is 10.8 Å². The van der Waals surface area contributed by atoms with E-state index in [1.54, 1.807) is 0 Å². The molecule has 0 aliphatic heterocycles. The molecule has 0 saturated heterocycles. The highest BCUT2D eigenvalue weighted by atomic mass is 14.2.